The molecule has 0 aliphatic heterocycles. The molecule has 0 unspecified atom stereocenters. The van der Waals surface area contributed by atoms with E-state index < -0.39 is 0 Å². The zero-order chi connectivity index (χ0) is 7.98. The van der Waals surface area contributed by atoms with Gasteiger partial charge >= 0.3 is 0 Å². The van der Waals surface area contributed by atoms with Gasteiger partial charge in [-0.05, 0) is 6.92 Å². The highest BCUT2D eigenvalue weighted by Crippen LogP contribution is 1.94. The Balaban J connectivity index is 3.83. The second-order valence-electron chi connectivity index (χ2n) is 1.65. The molecule has 0 aromatic rings. The first-order valence-corrected chi connectivity index (χ1v) is 3.57. The molecule has 0 atom stereocenters. The summed E-state index contributed by atoms with van der Waals surface area (Å²) in [4.78, 5) is 10.5. The van der Waals surface area contributed by atoms with E-state index in [1.165, 1.54) is 18.1 Å². The maximum atomic E-state index is 10.5. The van der Waals surface area contributed by atoms with Crippen molar-refractivity contribution < 1.29 is 4.79 Å². The lowest BCUT2D eigenvalue weighted by atomic mass is 10.4. The van der Waals surface area contributed by atoms with Gasteiger partial charge in [0.05, 0.1) is 0 Å². The lowest BCUT2D eigenvalue weighted by molar-refractivity contribution is -0.117. The lowest BCUT2D eigenvalue weighted by Gasteiger charge is -2.07. The average Bonchev–Trinajstić information content (AvgIpc) is 1.86. The van der Waals surface area contributed by atoms with E-state index in [1.54, 1.807) is 22.9 Å². The second kappa shape index (κ2) is 5.33. The van der Waals surface area contributed by atoms with Crippen LogP contribution in [-0.4, -0.2) is 17.3 Å². The maximum Gasteiger partial charge on any atom is 0.151 e. The van der Waals surface area contributed by atoms with Crippen LogP contribution in [0.5, 0.6) is 0 Å². The number of hydrogen-bond donors (Lipinski definition) is 0. The standard InChI is InChI=1S/C5H8IN3O/c1-3-9(8-7-6)4-5(2)10/h3H,1,4H2,2H3/b8-7-. The first-order valence-electron chi connectivity index (χ1n) is 2.61. The van der Waals surface area contributed by atoms with Gasteiger partial charge in [0.25, 0.3) is 0 Å². The molecular formula is C5H8IN3O. The molecular weight excluding hydrogens is 245 g/mol. The molecule has 4 nitrogen and oxygen atoms in total. The third-order valence-electron chi connectivity index (χ3n) is 0.744. The van der Waals surface area contributed by atoms with E-state index in [1.807, 2.05) is 0 Å². The molecule has 0 saturated heterocycles. The van der Waals surface area contributed by atoms with Gasteiger partial charge in [-0.3, -0.25) is 4.79 Å². The molecule has 0 rings (SSSR count). The first kappa shape index (κ1) is 9.54. The van der Waals surface area contributed by atoms with Crippen LogP contribution in [0, 0.1) is 0 Å². The van der Waals surface area contributed by atoms with Crippen molar-refractivity contribution in [3.8, 4) is 0 Å². The zero-order valence-electron chi connectivity index (χ0n) is 5.62. The predicted octanol–water partition coefficient (Wildman–Crippen LogP) is 1.74. The smallest absolute Gasteiger partial charge is 0.151 e. The van der Waals surface area contributed by atoms with Crippen LogP contribution < -0.4 is 0 Å². The fourth-order valence-electron chi connectivity index (χ4n) is 0.404. The Morgan fingerprint density at radius 3 is 2.80 bits per heavy atom. The van der Waals surface area contributed by atoms with Crippen molar-refractivity contribution in [2.75, 3.05) is 6.54 Å². The Morgan fingerprint density at radius 1 is 1.90 bits per heavy atom. The summed E-state index contributed by atoms with van der Waals surface area (Å²) in [7, 11) is 0. The van der Waals surface area contributed by atoms with E-state index in [2.05, 4.69) is 15.1 Å². The average molecular weight is 253 g/mol. The molecule has 0 fully saturated rings. The highest BCUT2D eigenvalue weighted by Gasteiger charge is 1.98. The van der Waals surface area contributed by atoms with Crippen LogP contribution in [0.3, 0.4) is 0 Å². The summed E-state index contributed by atoms with van der Waals surface area (Å²) in [6.07, 6.45) is 1.45. The van der Waals surface area contributed by atoms with Crippen LogP contribution in [0.2, 0.25) is 0 Å². The summed E-state index contributed by atoms with van der Waals surface area (Å²) < 4.78 is 3.46. The summed E-state index contributed by atoms with van der Waals surface area (Å²) in [6, 6.07) is 0. The van der Waals surface area contributed by atoms with Gasteiger partial charge in [0.15, 0.2) is 5.78 Å². The van der Waals surface area contributed by atoms with Crippen LogP contribution in [0.4, 0.5) is 0 Å². The van der Waals surface area contributed by atoms with E-state index >= 15 is 0 Å². The minimum atomic E-state index is 0.0312. The number of Topliss-reactive ketones (excluding diaryl/α,β-unsaturated/α-hetero) is 1. The third kappa shape index (κ3) is 4.42. The number of hydrogen-bond acceptors (Lipinski definition) is 3. The molecule has 0 N–H and O–H groups in total. The molecule has 0 aliphatic carbocycles. The van der Waals surface area contributed by atoms with Crippen LogP contribution in [0.1, 0.15) is 6.92 Å². The largest absolute Gasteiger partial charge is 0.298 e. The molecule has 0 aromatic heterocycles. The van der Waals surface area contributed by atoms with Gasteiger partial charge in [0, 0.05) is 6.20 Å². The van der Waals surface area contributed by atoms with Crippen molar-refractivity contribution in [1.29, 1.82) is 0 Å². The summed E-state index contributed by atoms with van der Waals surface area (Å²) in [5, 5.41) is 4.96. The van der Waals surface area contributed by atoms with Crippen molar-refractivity contribution in [3.05, 3.63) is 12.8 Å². The van der Waals surface area contributed by atoms with Gasteiger partial charge in [-0.2, -0.15) is 0 Å². The van der Waals surface area contributed by atoms with E-state index in [0.29, 0.717) is 0 Å². The molecule has 0 heterocycles. The maximum absolute atomic E-state index is 10.5. The van der Waals surface area contributed by atoms with Crippen molar-refractivity contribution in [2.45, 2.75) is 6.92 Å². The van der Waals surface area contributed by atoms with Gasteiger partial charge < -0.3 is 0 Å². The topological polar surface area (TPSA) is 45.0 Å². The molecule has 0 saturated carbocycles. The van der Waals surface area contributed by atoms with E-state index in [0.717, 1.165) is 0 Å². The molecule has 0 bridgehead atoms. The fraction of sp³-hybridized carbons (Fsp3) is 0.400. The number of rotatable bonds is 4. The Hall–Kier alpha value is -0.460. The van der Waals surface area contributed by atoms with Crippen LogP contribution in [0.15, 0.2) is 21.3 Å². The number of carbonyl (C=O) groups excluding carboxylic acids is 1. The normalized spacial score (nSPS) is 9.80. The summed E-state index contributed by atoms with van der Waals surface area (Å²) in [5.74, 6) is 0.0312. The highest BCUT2D eigenvalue weighted by atomic mass is 127. The monoisotopic (exact) mass is 253 g/mol. The van der Waals surface area contributed by atoms with Crippen molar-refractivity contribution in [2.24, 2.45) is 8.55 Å². The van der Waals surface area contributed by atoms with E-state index in [-0.39, 0.29) is 12.3 Å². The molecule has 56 valence electrons. The molecule has 0 amide bonds. The van der Waals surface area contributed by atoms with Crippen molar-refractivity contribution in [3.63, 3.8) is 0 Å². The van der Waals surface area contributed by atoms with E-state index in [4.69, 9.17) is 0 Å². The quantitative estimate of drug-likeness (QED) is 0.435. The van der Waals surface area contributed by atoms with Gasteiger partial charge in [-0.1, -0.05) is 15.1 Å². The Labute approximate surface area is 73.5 Å². The predicted molar refractivity (Wildman–Crippen MR) is 46.5 cm³/mol. The number of halogens is 1. The molecule has 0 aliphatic rings. The van der Waals surface area contributed by atoms with E-state index in [9.17, 15) is 4.79 Å². The Bertz CT molecular complexity index is 157. The van der Waals surface area contributed by atoms with Gasteiger partial charge in [0.2, 0.25) is 0 Å². The minimum Gasteiger partial charge on any atom is -0.298 e. The van der Waals surface area contributed by atoms with Gasteiger partial charge in [-0.25, -0.2) is 5.01 Å². The van der Waals surface area contributed by atoms with Gasteiger partial charge in [-0.15, -0.1) is 0 Å². The lowest BCUT2D eigenvalue weighted by Crippen LogP contribution is -2.16. The van der Waals surface area contributed by atoms with Crippen LogP contribution >= 0.6 is 22.9 Å². The van der Waals surface area contributed by atoms with Gasteiger partial charge in [0.1, 0.15) is 29.4 Å². The van der Waals surface area contributed by atoms with Crippen LogP contribution in [0.25, 0.3) is 0 Å². The second-order valence-corrected chi connectivity index (χ2v) is 2.08. The van der Waals surface area contributed by atoms with Crippen LogP contribution in [-0.2, 0) is 4.79 Å². The number of carbonyl (C=O) groups is 1. The SMILES string of the molecule is C=CN(CC(C)=O)/N=N\I. The Kier molecular flexibility index (Phi) is 5.09. The summed E-state index contributed by atoms with van der Waals surface area (Å²) in [5.41, 5.74) is 0. The molecule has 0 radical (unpaired) electrons. The molecule has 5 heteroatoms. The fourth-order valence-corrected chi connectivity index (χ4v) is 0.652. The minimum absolute atomic E-state index is 0.0312. The molecule has 10 heavy (non-hydrogen) atoms. The summed E-state index contributed by atoms with van der Waals surface area (Å²) >= 11 is 1.73. The highest BCUT2D eigenvalue weighted by molar-refractivity contribution is 14.1. The Morgan fingerprint density at radius 2 is 2.50 bits per heavy atom. The number of nitrogens with zero attached hydrogens (tertiary/aromatic N) is 3. The third-order valence-corrected chi connectivity index (χ3v) is 0.937. The van der Waals surface area contributed by atoms with Crippen molar-refractivity contribution >= 4 is 28.6 Å². The first-order chi connectivity index (χ1) is 4.70. The zero-order valence-corrected chi connectivity index (χ0v) is 7.78. The molecule has 0 aromatic carbocycles. The summed E-state index contributed by atoms with van der Waals surface area (Å²) in [6.45, 7) is 5.17. The number of ketones is 1. The molecule has 0 spiro atoms. The van der Waals surface area contributed by atoms with Crippen molar-refractivity contribution in [1.82, 2.24) is 5.01 Å².